The summed E-state index contributed by atoms with van der Waals surface area (Å²) < 4.78 is 5.50. The molecule has 106 valence electrons. The lowest BCUT2D eigenvalue weighted by molar-refractivity contribution is -0.132. The minimum atomic E-state index is 0. The molecule has 19 heavy (non-hydrogen) atoms. The highest BCUT2D eigenvalue weighted by atomic mass is 35.5. The molecule has 0 aliphatic carbocycles. The van der Waals surface area contributed by atoms with E-state index in [1.54, 1.807) is 24.3 Å². The van der Waals surface area contributed by atoms with E-state index >= 15 is 0 Å². The molecule has 4 nitrogen and oxygen atoms in total. The van der Waals surface area contributed by atoms with Crippen LogP contribution in [0, 0.1) is 0 Å². The van der Waals surface area contributed by atoms with Crippen molar-refractivity contribution < 1.29 is 9.53 Å². The molecule has 1 saturated heterocycles. The average molecular weight is 305 g/mol. The van der Waals surface area contributed by atoms with E-state index in [9.17, 15) is 4.79 Å². The van der Waals surface area contributed by atoms with Crippen molar-refractivity contribution in [2.45, 2.75) is 6.42 Å². The first-order valence-electron chi connectivity index (χ1n) is 6.12. The molecule has 1 N–H and O–H groups in total. The van der Waals surface area contributed by atoms with Crippen LogP contribution in [0.1, 0.15) is 6.42 Å². The highest BCUT2D eigenvalue weighted by Crippen LogP contribution is 2.15. The van der Waals surface area contributed by atoms with Gasteiger partial charge >= 0.3 is 0 Å². The monoisotopic (exact) mass is 304 g/mol. The maximum absolute atomic E-state index is 11.8. The van der Waals surface area contributed by atoms with Gasteiger partial charge in [0.15, 0.2) is 0 Å². The van der Waals surface area contributed by atoms with E-state index in [4.69, 9.17) is 16.3 Å². The van der Waals surface area contributed by atoms with Crippen molar-refractivity contribution in [1.82, 2.24) is 10.2 Å². The van der Waals surface area contributed by atoms with Gasteiger partial charge in [0.05, 0.1) is 13.0 Å². The van der Waals surface area contributed by atoms with Crippen LogP contribution in [0.15, 0.2) is 24.3 Å². The van der Waals surface area contributed by atoms with Gasteiger partial charge in [-0.25, -0.2) is 0 Å². The molecule has 1 heterocycles. The highest BCUT2D eigenvalue weighted by molar-refractivity contribution is 6.30. The summed E-state index contributed by atoms with van der Waals surface area (Å²) in [6, 6.07) is 7.15. The van der Waals surface area contributed by atoms with Crippen LogP contribution in [0.2, 0.25) is 5.02 Å². The SMILES string of the molecule is Cl.O=C(CCOc1ccc(Cl)cc1)N1CCNCC1. The normalized spacial score (nSPS) is 14.7. The first-order chi connectivity index (χ1) is 8.75. The predicted octanol–water partition coefficient (Wildman–Crippen LogP) is 1.96. The number of rotatable bonds is 4. The minimum absolute atomic E-state index is 0. The zero-order valence-corrected chi connectivity index (χ0v) is 12.2. The fourth-order valence-corrected chi connectivity index (χ4v) is 1.99. The van der Waals surface area contributed by atoms with Gasteiger partial charge in [-0.15, -0.1) is 12.4 Å². The van der Waals surface area contributed by atoms with Crippen molar-refractivity contribution >= 4 is 29.9 Å². The largest absolute Gasteiger partial charge is 0.493 e. The first-order valence-corrected chi connectivity index (χ1v) is 6.50. The lowest BCUT2D eigenvalue weighted by atomic mass is 10.3. The van der Waals surface area contributed by atoms with Crippen LogP contribution < -0.4 is 10.1 Å². The Morgan fingerprint density at radius 1 is 1.26 bits per heavy atom. The third kappa shape index (κ3) is 5.27. The summed E-state index contributed by atoms with van der Waals surface area (Å²) in [5, 5.41) is 3.90. The van der Waals surface area contributed by atoms with Crippen molar-refractivity contribution in [1.29, 1.82) is 0 Å². The molecule has 0 bridgehead atoms. The lowest BCUT2D eigenvalue weighted by Gasteiger charge is -2.27. The van der Waals surface area contributed by atoms with Gasteiger partial charge < -0.3 is 15.0 Å². The topological polar surface area (TPSA) is 41.6 Å². The van der Waals surface area contributed by atoms with Crippen LogP contribution in [0.25, 0.3) is 0 Å². The molecule has 1 aromatic rings. The summed E-state index contributed by atoms with van der Waals surface area (Å²) in [6.45, 7) is 3.75. The molecule has 0 atom stereocenters. The van der Waals surface area contributed by atoms with Gasteiger partial charge in [0.2, 0.25) is 5.91 Å². The number of piperazine rings is 1. The van der Waals surface area contributed by atoms with Crippen LogP contribution >= 0.6 is 24.0 Å². The van der Waals surface area contributed by atoms with E-state index in [0.717, 1.165) is 31.9 Å². The molecular weight excluding hydrogens is 287 g/mol. The lowest BCUT2D eigenvalue weighted by Crippen LogP contribution is -2.46. The minimum Gasteiger partial charge on any atom is -0.493 e. The van der Waals surface area contributed by atoms with Crippen LogP contribution in [0.3, 0.4) is 0 Å². The zero-order valence-electron chi connectivity index (χ0n) is 10.6. The van der Waals surface area contributed by atoms with Crippen molar-refractivity contribution in [3.63, 3.8) is 0 Å². The number of carbonyl (C=O) groups excluding carboxylic acids is 1. The Morgan fingerprint density at radius 2 is 1.89 bits per heavy atom. The molecule has 0 radical (unpaired) electrons. The quantitative estimate of drug-likeness (QED) is 0.924. The predicted molar refractivity (Wildman–Crippen MR) is 78.3 cm³/mol. The third-order valence-electron chi connectivity index (χ3n) is 2.87. The van der Waals surface area contributed by atoms with Gasteiger partial charge in [0.1, 0.15) is 5.75 Å². The number of hydrogen-bond donors (Lipinski definition) is 1. The summed E-state index contributed by atoms with van der Waals surface area (Å²) in [7, 11) is 0. The molecule has 1 amide bonds. The number of carbonyl (C=O) groups is 1. The molecule has 1 aliphatic heterocycles. The Hall–Kier alpha value is -0.970. The summed E-state index contributed by atoms with van der Waals surface area (Å²) in [6.07, 6.45) is 0.419. The Balaban J connectivity index is 0.00000180. The number of halogens is 2. The fourth-order valence-electron chi connectivity index (χ4n) is 1.86. The molecule has 6 heteroatoms. The van der Waals surface area contributed by atoms with Gasteiger partial charge in [0, 0.05) is 31.2 Å². The molecule has 0 aromatic heterocycles. The zero-order chi connectivity index (χ0) is 12.8. The number of hydrogen-bond acceptors (Lipinski definition) is 3. The van der Waals surface area contributed by atoms with E-state index in [2.05, 4.69) is 5.32 Å². The van der Waals surface area contributed by atoms with Crippen LogP contribution in [0.5, 0.6) is 5.75 Å². The molecule has 1 aromatic carbocycles. The molecule has 0 spiro atoms. The molecule has 0 saturated carbocycles. The number of nitrogens with zero attached hydrogens (tertiary/aromatic N) is 1. The summed E-state index contributed by atoms with van der Waals surface area (Å²) >= 11 is 5.78. The van der Waals surface area contributed by atoms with Gasteiger partial charge in [-0.3, -0.25) is 4.79 Å². The van der Waals surface area contributed by atoms with Crippen LogP contribution in [-0.4, -0.2) is 43.6 Å². The molecular formula is C13H18Cl2N2O2. The summed E-state index contributed by atoms with van der Waals surface area (Å²) in [5.74, 6) is 0.901. The van der Waals surface area contributed by atoms with Gasteiger partial charge in [-0.1, -0.05) is 11.6 Å². The number of benzene rings is 1. The third-order valence-corrected chi connectivity index (χ3v) is 3.12. The van der Waals surface area contributed by atoms with Crippen LogP contribution in [-0.2, 0) is 4.79 Å². The summed E-state index contributed by atoms with van der Waals surface area (Å²) in [4.78, 5) is 13.7. The van der Waals surface area contributed by atoms with E-state index in [-0.39, 0.29) is 18.3 Å². The number of nitrogens with one attached hydrogen (secondary N) is 1. The Bertz CT molecular complexity index is 392. The van der Waals surface area contributed by atoms with E-state index < -0.39 is 0 Å². The fraction of sp³-hybridized carbons (Fsp3) is 0.462. The summed E-state index contributed by atoms with van der Waals surface area (Å²) in [5.41, 5.74) is 0. The van der Waals surface area contributed by atoms with Gasteiger partial charge in [0.25, 0.3) is 0 Å². The number of amides is 1. The molecule has 1 aliphatic rings. The second-order valence-corrected chi connectivity index (χ2v) is 4.62. The van der Waals surface area contributed by atoms with E-state index in [1.165, 1.54) is 0 Å². The van der Waals surface area contributed by atoms with Crippen molar-refractivity contribution in [3.8, 4) is 5.75 Å². The van der Waals surface area contributed by atoms with Crippen molar-refractivity contribution in [3.05, 3.63) is 29.3 Å². The Kier molecular flexibility index (Phi) is 6.99. The standard InChI is InChI=1S/C13H17ClN2O2.ClH/c14-11-1-3-12(4-2-11)18-10-5-13(17)16-8-6-15-7-9-16;/h1-4,15H,5-10H2;1H. The molecule has 2 rings (SSSR count). The van der Waals surface area contributed by atoms with E-state index in [1.807, 2.05) is 4.90 Å². The van der Waals surface area contributed by atoms with Crippen LogP contribution in [0.4, 0.5) is 0 Å². The first kappa shape index (κ1) is 16.1. The second kappa shape index (κ2) is 8.25. The smallest absolute Gasteiger partial charge is 0.226 e. The Morgan fingerprint density at radius 3 is 2.53 bits per heavy atom. The van der Waals surface area contributed by atoms with Crippen molar-refractivity contribution in [2.24, 2.45) is 0 Å². The Labute approximate surface area is 124 Å². The number of ether oxygens (including phenoxy) is 1. The average Bonchev–Trinajstić information content (AvgIpc) is 2.42. The maximum atomic E-state index is 11.8. The van der Waals surface area contributed by atoms with Crippen molar-refractivity contribution in [2.75, 3.05) is 32.8 Å². The maximum Gasteiger partial charge on any atom is 0.226 e. The second-order valence-electron chi connectivity index (χ2n) is 4.18. The molecule has 1 fully saturated rings. The van der Waals surface area contributed by atoms with Gasteiger partial charge in [-0.2, -0.15) is 0 Å². The van der Waals surface area contributed by atoms with E-state index in [0.29, 0.717) is 18.1 Å². The highest BCUT2D eigenvalue weighted by Gasteiger charge is 2.15. The molecule has 0 unspecified atom stereocenters. The van der Waals surface area contributed by atoms with Gasteiger partial charge in [-0.05, 0) is 24.3 Å².